The molecule has 1 aliphatic carbocycles. The van der Waals surface area contributed by atoms with Crippen molar-refractivity contribution in [2.45, 2.75) is 62.0 Å². The predicted molar refractivity (Wildman–Crippen MR) is 130 cm³/mol. The molecule has 2 atom stereocenters. The van der Waals surface area contributed by atoms with E-state index >= 15 is 0 Å². The number of rotatable bonds is 5. The largest absolute Gasteiger partial charge is 0.491 e. The number of fused-ring (bicyclic) bond motifs is 1. The third kappa shape index (κ3) is 3.50. The van der Waals surface area contributed by atoms with E-state index in [0.29, 0.717) is 37.0 Å². The van der Waals surface area contributed by atoms with Gasteiger partial charge in [0, 0.05) is 31.8 Å². The first kappa shape index (κ1) is 21.9. The second-order valence-corrected chi connectivity index (χ2v) is 10.9. The highest BCUT2D eigenvalue weighted by molar-refractivity contribution is 7.85. The van der Waals surface area contributed by atoms with Crippen LogP contribution in [0.3, 0.4) is 0 Å². The number of aromatic nitrogens is 4. The van der Waals surface area contributed by atoms with Crippen LogP contribution in [0.1, 0.15) is 50.5 Å². The fraction of sp³-hybridized carbons (Fsp3) is 0.583. The van der Waals surface area contributed by atoms with Crippen molar-refractivity contribution in [3.05, 3.63) is 30.0 Å². The molecule has 2 fully saturated rings. The standard InChI is InChI=1S/C24H30N6O3S/c1-2-33-17-14-25-21(26-15-17)16-4-10-29(11-5-16)23-27-18-7-13-34(32)20(18)22(28-23)30-12-6-19(31)24(30)8-3-9-24/h4,14-15,19,31H,2-3,5-13H2,1H3/t19-,34+/m0/s1. The Morgan fingerprint density at radius 1 is 1.21 bits per heavy atom. The van der Waals surface area contributed by atoms with Gasteiger partial charge in [0.2, 0.25) is 5.95 Å². The normalized spacial score (nSPS) is 25.3. The van der Waals surface area contributed by atoms with Crippen LogP contribution in [0.4, 0.5) is 11.8 Å². The lowest BCUT2D eigenvalue weighted by Crippen LogP contribution is -2.56. The molecule has 6 rings (SSSR count). The van der Waals surface area contributed by atoms with Gasteiger partial charge in [-0.15, -0.1) is 0 Å². The van der Waals surface area contributed by atoms with E-state index in [2.05, 4.69) is 25.8 Å². The van der Waals surface area contributed by atoms with Crippen LogP contribution < -0.4 is 14.5 Å². The third-order valence-corrected chi connectivity index (χ3v) is 9.08. The quantitative estimate of drug-likeness (QED) is 0.686. The van der Waals surface area contributed by atoms with Crippen molar-refractivity contribution in [3.63, 3.8) is 0 Å². The molecule has 10 heteroatoms. The zero-order chi connectivity index (χ0) is 23.3. The summed E-state index contributed by atoms with van der Waals surface area (Å²) < 4.78 is 18.3. The van der Waals surface area contributed by atoms with Crippen molar-refractivity contribution < 1.29 is 14.1 Å². The summed E-state index contributed by atoms with van der Waals surface area (Å²) in [4.78, 5) is 24.0. The van der Waals surface area contributed by atoms with Crippen molar-refractivity contribution in [2.24, 2.45) is 0 Å². The first-order valence-corrected chi connectivity index (χ1v) is 13.5. The number of ether oxygens (including phenoxy) is 1. The van der Waals surface area contributed by atoms with Gasteiger partial charge in [0.15, 0.2) is 17.4 Å². The molecule has 5 heterocycles. The Labute approximate surface area is 201 Å². The fourth-order valence-electron chi connectivity index (χ4n) is 5.65. The van der Waals surface area contributed by atoms with E-state index in [4.69, 9.17) is 14.7 Å². The van der Waals surface area contributed by atoms with Crippen LogP contribution in [0, 0.1) is 0 Å². The van der Waals surface area contributed by atoms with Crippen LogP contribution >= 0.6 is 0 Å². The summed E-state index contributed by atoms with van der Waals surface area (Å²) in [6.07, 6.45) is 10.5. The fourth-order valence-corrected chi connectivity index (χ4v) is 7.00. The first-order chi connectivity index (χ1) is 16.6. The van der Waals surface area contributed by atoms with Crippen LogP contribution in [-0.2, 0) is 17.2 Å². The van der Waals surface area contributed by atoms with Crippen LogP contribution in [0.5, 0.6) is 5.75 Å². The van der Waals surface area contributed by atoms with Crippen molar-refractivity contribution in [1.82, 2.24) is 19.9 Å². The summed E-state index contributed by atoms with van der Waals surface area (Å²) >= 11 is 0. The number of anilines is 2. The van der Waals surface area contributed by atoms with Gasteiger partial charge in [-0.05, 0) is 44.6 Å². The number of hydrogen-bond acceptors (Lipinski definition) is 9. The van der Waals surface area contributed by atoms with Gasteiger partial charge in [-0.25, -0.2) is 15.0 Å². The molecule has 0 bridgehead atoms. The van der Waals surface area contributed by atoms with E-state index in [1.54, 1.807) is 12.4 Å². The van der Waals surface area contributed by atoms with E-state index < -0.39 is 10.8 Å². The molecule has 1 saturated carbocycles. The Kier molecular flexibility index (Phi) is 5.52. The van der Waals surface area contributed by atoms with E-state index in [9.17, 15) is 9.32 Å². The predicted octanol–water partition coefficient (Wildman–Crippen LogP) is 2.12. The van der Waals surface area contributed by atoms with Crippen molar-refractivity contribution in [1.29, 1.82) is 0 Å². The molecular formula is C24H30N6O3S. The Morgan fingerprint density at radius 3 is 2.71 bits per heavy atom. The average Bonchev–Trinajstić information content (AvgIpc) is 3.39. The zero-order valence-corrected chi connectivity index (χ0v) is 20.3. The second kappa shape index (κ2) is 8.57. The number of nitrogens with zero attached hydrogens (tertiary/aromatic N) is 6. The van der Waals surface area contributed by atoms with Crippen LogP contribution in [0.15, 0.2) is 23.4 Å². The van der Waals surface area contributed by atoms with E-state index in [0.717, 1.165) is 73.0 Å². The Bertz CT molecular complexity index is 1150. The van der Waals surface area contributed by atoms with E-state index in [1.165, 1.54) is 0 Å². The first-order valence-electron chi connectivity index (χ1n) is 12.2. The van der Waals surface area contributed by atoms with Crippen molar-refractivity contribution >= 4 is 28.1 Å². The lowest BCUT2D eigenvalue weighted by Gasteiger charge is -2.48. The van der Waals surface area contributed by atoms with Gasteiger partial charge in [0.1, 0.15) is 4.90 Å². The van der Waals surface area contributed by atoms with Crippen molar-refractivity contribution in [2.75, 3.05) is 41.8 Å². The summed E-state index contributed by atoms with van der Waals surface area (Å²) in [7, 11) is -1.08. The Balaban J connectivity index is 1.28. The Hall–Kier alpha value is -2.59. The highest BCUT2D eigenvalue weighted by Gasteiger charge is 2.53. The number of aliphatic hydroxyl groups is 1. The zero-order valence-electron chi connectivity index (χ0n) is 19.4. The lowest BCUT2D eigenvalue weighted by molar-refractivity contribution is 0.0579. The van der Waals surface area contributed by atoms with Crippen LogP contribution in [0.25, 0.3) is 5.57 Å². The third-order valence-electron chi connectivity index (χ3n) is 7.64. The summed E-state index contributed by atoms with van der Waals surface area (Å²) in [6, 6.07) is 0. The number of aliphatic hydroxyl groups excluding tert-OH is 1. The summed E-state index contributed by atoms with van der Waals surface area (Å²) in [5.41, 5.74) is 1.77. The highest BCUT2D eigenvalue weighted by atomic mass is 32.2. The molecule has 0 radical (unpaired) electrons. The molecule has 2 aromatic heterocycles. The molecule has 4 aliphatic rings. The molecular weight excluding hydrogens is 452 g/mol. The maximum Gasteiger partial charge on any atom is 0.227 e. The van der Waals surface area contributed by atoms with E-state index in [1.807, 2.05) is 6.92 Å². The monoisotopic (exact) mass is 482 g/mol. The molecule has 9 nitrogen and oxygen atoms in total. The lowest BCUT2D eigenvalue weighted by atomic mass is 9.73. The minimum atomic E-state index is -1.08. The van der Waals surface area contributed by atoms with Gasteiger partial charge >= 0.3 is 0 Å². The molecule has 3 aliphatic heterocycles. The molecule has 1 spiro atoms. The minimum absolute atomic E-state index is 0.244. The molecule has 180 valence electrons. The number of aryl methyl sites for hydroxylation is 1. The minimum Gasteiger partial charge on any atom is -0.491 e. The summed E-state index contributed by atoms with van der Waals surface area (Å²) in [5, 5.41) is 10.7. The molecule has 0 unspecified atom stereocenters. The van der Waals surface area contributed by atoms with Gasteiger partial charge in [0.25, 0.3) is 0 Å². The molecule has 0 amide bonds. The Morgan fingerprint density at radius 2 is 2.03 bits per heavy atom. The van der Waals surface area contributed by atoms with Crippen molar-refractivity contribution in [3.8, 4) is 5.75 Å². The van der Waals surface area contributed by atoms with Gasteiger partial charge in [-0.2, -0.15) is 4.98 Å². The molecule has 1 N–H and O–H groups in total. The molecule has 0 aromatic carbocycles. The van der Waals surface area contributed by atoms with Gasteiger partial charge in [-0.1, -0.05) is 6.08 Å². The maximum absolute atomic E-state index is 12.9. The van der Waals surface area contributed by atoms with Gasteiger partial charge in [-0.3, -0.25) is 4.21 Å². The second-order valence-electron chi connectivity index (χ2n) is 9.44. The number of hydrogen-bond donors (Lipinski definition) is 1. The van der Waals surface area contributed by atoms with Crippen LogP contribution in [0.2, 0.25) is 0 Å². The maximum atomic E-state index is 12.9. The smallest absolute Gasteiger partial charge is 0.227 e. The molecule has 34 heavy (non-hydrogen) atoms. The van der Waals surface area contributed by atoms with E-state index in [-0.39, 0.29) is 11.6 Å². The topological polar surface area (TPSA) is 105 Å². The van der Waals surface area contributed by atoms with Gasteiger partial charge < -0.3 is 19.6 Å². The average molecular weight is 483 g/mol. The SMILES string of the molecule is CCOc1cnc(C2=CCN(c3nc4c(c(N5CC[C@H](O)C56CCC6)n3)[S@](=O)CC4)CC2)nc1. The van der Waals surface area contributed by atoms with Gasteiger partial charge in [0.05, 0.1) is 47.1 Å². The molecule has 2 aromatic rings. The highest BCUT2D eigenvalue weighted by Crippen LogP contribution is 2.49. The summed E-state index contributed by atoms with van der Waals surface area (Å²) in [6.45, 7) is 4.71. The summed E-state index contributed by atoms with van der Waals surface area (Å²) in [5.74, 6) is 3.48. The molecule has 1 saturated heterocycles. The van der Waals surface area contributed by atoms with Crippen LogP contribution in [-0.4, -0.2) is 72.9 Å².